The maximum absolute atomic E-state index is 13.2. The fourth-order valence-electron chi connectivity index (χ4n) is 1.59. The molecule has 1 aliphatic rings. The Bertz CT molecular complexity index is 258. The van der Waals surface area contributed by atoms with E-state index in [9.17, 15) is 14.0 Å². The number of rotatable bonds is 2. The first-order valence-electron chi connectivity index (χ1n) is 4.68. The van der Waals surface area contributed by atoms with Crippen LogP contribution in [0.5, 0.6) is 0 Å². The molecular formula is C9H14FNO4. The molecule has 1 aliphatic heterocycles. The van der Waals surface area contributed by atoms with E-state index in [-0.39, 0.29) is 19.5 Å². The van der Waals surface area contributed by atoms with E-state index in [1.165, 1.54) is 14.0 Å². The van der Waals surface area contributed by atoms with Gasteiger partial charge in [0.05, 0.1) is 19.6 Å². The number of nitrogens with zero attached hydrogens (tertiary/aromatic N) is 1. The molecule has 0 N–H and O–H groups in total. The third-order valence-electron chi connectivity index (χ3n) is 2.16. The van der Waals surface area contributed by atoms with E-state index in [0.29, 0.717) is 0 Å². The van der Waals surface area contributed by atoms with Crippen LogP contribution in [0.1, 0.15) is 13.3 Å². The highest BCUT2D eigenvalue weighted by atomic mass is 19.1. The normalized spacial score (nSPS) is 27.1. The standard InChI is InChI=1S/C9H14FNO4/c1-6(12)15-11-4-7(9(13)14-2)3-8(10)5-11/h7-8H,3-5H2,1-2H3. The van der Waals surface area contributed by atoms with Gasteiger partial charge in [0.25, 0.3) is 0 Å². The quantitative estimate of drug-likeness (QED) is 0.625. The van der Waals surface area contributed by atoms with Crippen LogP contribution in [0, 0.1) is 5.92 Å². The molecule has 6 heteroatoms. The fourth-order valence-corrected chi connectivity index (χ4v) is 1.59. The molecule has 0 aromatic carbocycles. The monoisotopic (exact) mass is 219 g/mol. The Morgan fingerprint density at radius 1 is 1.40 bits per heavy atom. The van der Waals surface area contributed by atoms with Crippen molar-refractivity contribution in [2.45, 2.75) is 19.5 Å². The second-order valence-corrected chi connectivity index (χ2v) is 3.48. The number of hydrogen-bond acceptors (Lipinski definition) is 5. The molecule has 1 heterocycles. The van der Waals surface area contributed by atoms with Gasteiger partial charge in [-0.05, 0) is 6.42 Å². The highest BCUT2D eigenvalue weighted by molar-refractivity contribution is 5.72. The molecule has 0 aromatic heterocycles. The minimum Gasteiger partial charge on any atom is -0.469 e. The maximum Gasteiger partial charge on any atom is 0.322 e. The molecule has 0 bridgehead atoms. The Hall–Kier alpha value is -1.17. The van der Waals surface area contributed by atoms with Gasteiger partial charge in [-0.2, -0.15) is 0 Å². The smallest absolute Gasteiger partial charge is 0.322 e. The lowest BCUT2D eigenvalue weighted by Crippen LogP contribution is -2.45. The van der Waals surface area contributed by atoms with Gasteiger partial charge >= 0.3 is 11.9 Å². The third-order valence-corrected chi connectivity index (χ3v) is 2.16. The predicted octanol–water partition coefficient (Wildman–Crippen LogP) is 0.297. The number of carbonyl (C=O) groups is 2. The van der Waals surface area contributed by atoms with Gasteiger partial charge in [0, 0.05) is 13.5 Å². The molecule has 15 heavy (non-hydrogen) atoms. The third kappa shape index (κ3) is 3.47. The van der Waals surface area contributed by atoms with Crippen molar-refractivity contribution < 1.29 is 23.6 Å². The van der Waals surface area contributed by atoms with Crippen LogP contribution < -0.4 is 0 Å². The van der Waals surface area contributed by atoms with Gasteiger partial charge in [-0.15, -0.1) is 5.06 Å². The number of ether oxygens (including phenoxy) is 1. The van der Waals surface area contributed by atoms with Crippen LogP contribution >= 0.6 is 0 Å². The molecule has 0 radical (unpaired) electrons. The Morgan fingerprint density at radius 2 is 2.07 bits per heavy atom. The number of hydrogen-bond donors (Lipinski definition) is 0. The molecule has 2 unspecified atom stereocenters. The van der Waals surface area contributed by atoms with E-state index < -0.39 is 24.0 Å². The zero-order valence-corrected chi connectivity index (χ0v) is 8.73. The summed E-state index contributed by atoms with van der Waals surface area (Å²) in [5.74, 6) is -1.57. The average molecular weight is 219 g/mol. The fraction of sp³-hybridized carbons (Fsp3) is 0.778. The lowest BCUT2D eigenvalue weighted by molar-refractivity contribution is -0.204. The van der Waals surface area contributed by atoms with E-state index in [1.807, 2.05) is 0 Å². The minimum absolute atomic E-state index is 0.00702. The topological polar surface area (TPSA) is 55.8 Å². The molecule has 5 nitrogen and oxygen atoms in total. The summed E-state index contributed by atoms with van der Waals surface area (Å²) in [6.45, 7) is 1.43. The van der Waals surface area contributed by atoms with Crippen LogP contribution in [0.4, 0.5) is 4.39 Å². The summed E-state index contributed by atoms with van der Waals surface area (Å²) >= 11 is 0. The van der Waals surface area contributed by atoms with Gasteiger partial charge in [0.15, 0.2) is 0 Å². The summed E-state index contributed by atoms with van der Waals surface area (Å²) in [5.41, 5.74) is 0. The first-order valence-corrected chi connectivity index (χ1v) is 4.68. The average Bonchev–Trinajstić information content (AvgIpc) is 2.14. The van der Waals surface area contributed by atoms with Crippen molar-refractivity contribution in [3.8, 4) is 0 Å². The Kier molecular flexibility index (Phi) is 4.02. The predicted molar refractivity (Wildman–Crippen MR) is 48.4 cm³/mol. The Morgan fingerprint density at radius 3 is 2.60 bits per heavy atom. The zero-order chi connectivity index (χ0) is 11.4. The summed E-state index contributed by atoms with van der Waals surface area (Å²) in [7, 11) is 1.25. The van der Waals surface area contributed by atoms with Crippen LogP contribution in [0.3, 0.4) is 0 Å². The highest BCUT2D eigenvalue weighted by Gasteiger charge is 2.33. The van der Waals surface area contributed by atoms with Gasteiger partial charge < -0.3 is 9.57 Å². The first-order chi connectivity index (χ1) is 7.02. The van der Waals surface area contributed by atoms with Gasteiger partial charge in [-0.25, -0.2) is 4.39 Å². The van der Waals surface area contributed by atoms with E-state index in [0.717, 1.165) is 5.06 Å². The number of piperidine rings is 1. The SMILES string of the molecule is COC(=O)C1CC(F)CN(OC(C)=O)C1. The number of carbonyl (C=O) groups excluding carboxylic acids is 2. The van der Waals surface area contributed by atoms with Crippen molar-refractivity contribution in [3.05, 3.63) is 0 Å². The summed E-state index contributed by atoms with van der Waals surface area (Å²) in [5, 5.41) is 1.16. The van der Waals surface area contributed by atoms with Crippen molar-refractivity contribution in [3.63, 3.8) is 0 Å². The van der Waals surface area contributed by atoms with Crippen LogP contribution in [0.25, 0.3) is 0 Å². The van der Waals surface area contributed by atoms with Crippen LogP contribution in [-0.4, -0.2) is 43.4 Å². The van der Waals surface area contributed by atoms with Crippen molar-refractivity contribution in [2.24, 2.45) is 5.92 Å². The van der Waals surface area contributed by atoms with E-state index >= 15 is 0 Å². The number of methoxy groups -OCH3 is 1. The highest BCUT2D eigenvalue weighted by Crippen LogP contribution is 2.20. The van der Waals surface area contributed by atoms with Crippen LogP contribution in [0.15, 0.2) is 0 Å². The molecule has 1 saturated heterocycles. The van der Waals surface area contributed by atoms with Gasteiger partial charge in [-0.3, -0.25) is 9.59 Å². The summed E-state index contributed by atoms with van der Waals surface area (Å²) < 4.78 is 17.7. The summed E-state index contributed by atoms with van der Waals surface area (Å²) in [4.78, 5) is 26.6. The van der Waals surface area contributed by atoms with Gasteiger partial charge in [0.1, 0.15) is 6.17 Å². The Labute approximate surface area is 87.1 Å². The van der Waals surface area contributed by atoms with Crippen molar-refractivity contribution in [1.82, 2.24) is 5.06 Å². The van der Waals surface area contributed by atoms with Crippen LogP contribution in [0.2, 0.25) is 0 Å². The van der Waals surface area contributed by atoms with Gasteiger partial charge in [-0.1, -0.05) is 0 Å². The van der Waals surface area contributed by atoms with Crippen molar-refractivity contribution in [2.75, 3.05) is 20.2 Å². The second kappa shape index (κ2) is 5.06. The molecule has 0 aromatic rings. The summed E-state index contributed by atoms with van der Waals surface area (Å²) in [6.07, 6.45) is -1.06. The molecule has 86 valence electrons. The minimum atomic E-state index is -1.18. The largest absolute Gasteiger partial charge is 0.469 e. The van der Waals surface area contributed by atoms with E-state index in [2.05, 4.69) is 4.74 Å². The van der Waals surface area contributed by atoms with Gasteiger partial charge in [0.2, 0.25) is 0 Å². The zero-order valence-electron chi connectivity index (χ0n) is 8.73. The molecule has 1 fully saturated rings. The molecule has 0 amide bonds. The second-order valence-electron chi connectivity index (χ2n) is 3.48. The van der Waals surface area contributed by atoms with Crippen molar-refractivity contribution in [1.29, 1.82) is 0 Å². The number of alkyl halides is 1. The maximum atomic E-state index is 13.2. The molecule has 2 atom stereocenters. The first kappa shape index (κ1) is 11.9. The van der Waals surface area contributed by atoms with Crippen LogP contribution in [-0.2, 0) is 19.2 Å². The number of hydroxylamine groups is 2. The number of esters is 1. The molecule has 0 saturated carbocycles. The molecule has 1 rings (SSSR count). The van der Waals surface area contributed by atoms with Crippen molar-refractivity contribution >= 4 is 11.9 Å². The lowest BCUT2D eigenvalue weighted by Gasteiger charge is -2.31. The molecule has 0 spiro atoms. The van der Waals surface area contributed by atoms with E-state index in [1.54, 1.807) is 0 Å². The van der Waals surface area contributed by atoms with E-state index in [4.69, 9.17) is 4.84 Å². The Balaban J connectivity index is 2.55. The molecule has 0 aliphatic carbocycles. The number of halogens is 1. The molecular weight excluding hydrogens is 205 g/mol. The summed E-state index contributed by atoms with van der Waals surface area (Å²) in [6, 6.07) is 0. The lowest BCUT2D eigenvalue weighted by atomic mass is 9.98.